The molecule has 170 valence electrons. The number of hydrogen-bond acceptors (Lipinski definition) is 7. The third-order valence-electron chi connectivity index (χ3n) is 4.81. The number of rotatable bonds is 4. The number of carbonyl (C=O) groups is 2. The molecule has 0 atom stereocenters. The van der Waals surface area contributed by atoms with Crippen LogP contribution < -0.4 is 10.2 Å². The van der Waals surface area contributed by atoms with Crippen molar-refractivity contribution in [3.05, 3.63) is 45.7 Å². The fourth-order valence-electron chi connectivity index (χ4n) is 3.26. The number of nitrogens with one attached hydrogen (secondary N) is 1. The van der Waals surface area contributed by atoms with Crippen molar-refractivity contribution in [1.82, 2.24) is 14.7 Å². The average Bonchev–Trinajstić information content (AvgIpc) is 3.27. The van der Waals surface area contributed by atoms with Crippen molar-refractivity contribution in [2.45, 2.75) is 12.6 Å². The van der Waals surface area contributed by atoms with Crippen LogP contribution in [0.3, 0.4) is 0 Å². The molecule has 3 aromatic rings. The van der Waals surface area contributed by atoms with E-state index in [-0.39, 0.29) is 25.5 Å². The maximum absolute atomic E-state index is 12.7. The first-order valence-electron chi connectivity index (χ1n) is 9.53. The van der Waals surface area contributed by atoms with Gasteiger partial charge in [0.2, 0.25) is 0 Å². The first-order valence-corrected chi connectivity index (χ1v) is 10.9. The Morgan fingerprint density at radius 1 is 1.09 bits per heavy atom. The fourth-order valence-corrected chi connectivity index (χ4v) is 4.22. The van der Waals surface area contributed by atoms with Crippen molar-refractivity contribution in [1.29, 1.82) is 0 Å². The molecule has 3 aromatic heterocycles. The lowest BCUT2D eigenvalue weighted by Crippen LogP contribution is -2.37. The number of aromatic nitrogens is 2. The molecule has 0 aromatic carbocycles. The summed E-state index contributed by atoms with van der Waals surface area (Å²) in [6, 6.07) is 6.96. The zero-order valence-electron chi connectivity index (χ0n) is 16.4. The van der Waals surface area contributed by atoms with E-state index in [0.29, 0.717) is 40.7 Å². The molecule has 1 N–H and O–H groups in total. The van der Waals surface area contributed by atoms with Crippen LogP contribution >= 0.6 is 22.9 Å². The van der Waals surface area contributed by atoms with Crippen molar-refractivity contribution >= 4 is 51.8 Å². The number of alkyl halides is 3. The predicted molar refractivity (Wildman–Crippen MR) is 113 cm³/mol. The van der Waals surface area contributed by atoms with Crippen LogP contribution in [0.5, 0.6) is 0 Å². The molecule has 1 fully saturated rings. The number of carbonyl (C=O) groups excluding carboxylic acids is 2. The Balaban J connectivity index is 1.49. The van der Waals surface area contributed by atoms with Crippen LogP contribution in [0.2, 0.25) is 5.02 Å². The first-order chi connectivity index (χ1) is 15.2. The Kier molecular flexibility index (Phi) is 6.26. The highest BCUT2D eigenvalue weighted by molar-refractivity contribution is 7.09. The standard InChI is InChI=1S/C19H17ClF3N5O3S/c20-13-10-32-11-14(13)24-17(29)15-4-2-12-3-5-16(25-28(12)15)26-6-1-7-27(9-8-26)31-18(30)19(21,22)23/h2-5,10-11H,1,6-9H2,(H,24,29). The second-order valence-corrected chi connectivity index (χ2v) is 8.13. The Morgan fingerprint density at radius 2 is 1.88 bits per heavy atom. The maximum atomic E-state index is 12.7. The molecule has 0 unspecified atom stereocenters. The second-order valence-electron chi connectivity index (χ2n) is 6.98. The number of anilines is 2. The Hall–Kier alpha value is -2.83. The molecule has 32 heavy (non-hydrogen) atoms. The Labute approximate surface area is 189 Å². The van der Waals surface area contributed by atoms with E-state index >= 15 is 0 Å². The van der Waals surface area contributed by atoms with Gasteiger partial charge in [-0.1, -0.05) is 11.6 Å². The van der Waals surface area contributed by atoms with Gasteiger partial charge in [0.05, 0.1) is 22.8 Å². The molecule has 1 aliphatic heterocycles. The molecule has 0 aliphatic carbocycles. The van der Waals surface area contributed by atoms with Crippen molar-refractivity contribution in [2.24, 2.45) is 0 Å². The minimum absolute atomic E-state index is 0.0806. The van der Waals surface area contributed by atoms with E-state index in [2.05, 4.69) is 15.3 Å². The minimum Gasteiger partial charge on any atom is -0.361 e. The smallest absolute Gasteiger partial charge is 0.361 e. The van der Waals surface area contributed by atoms with E-state index in [1.165, 1.54) is 15.9 Å². The summed E-state index contributed by atoms with van der Waals surface area (Å²) in [4.78, 5) is 30.1. The van der Waals surface area contributed by atoms with Crippen LogP contribution in [-0.2, 0) is 9.63 Å². The van der Waals surface area contributed by atoms with Gasteiger partial charge >= 0.3 is 12.1 Å². The lowest BCUT2D eigenvalue weighted by Gasteiger charge is -2.22. The van der Waals surface area contributed by atoms with Gasteiger partial charge in [-0.3, -0.25) is 4.79 Å². The summed E-state index contributed by atoms with van der Waals surface area (Å²) in [5, 5.41) is 12.2. The molecular formula is C19H17ClF3N5O3S. The molecule has 0 saturated carbocycles. The van der Waals surface area contributed by atoms with Crippen LogP contribution in [-0.4, -0.2) is 58.9 Å². The molecule has 0 bridgehead atoms. The zero-order chi connectivity index (χ0) is 22.9. The Morgan fingerprint density at radius 3 is 2.59 bits per heavy atom. The predicted octanol–water partition coefficient (Wildman–Crippen LogP) is 3.83. The first kappa shape index (κ1) is 22.4. The van der Waals surface area contributed by atoms with Crippen LogP contribution in [0.25, 0.3) is 5.52 Å². The molecule has 0 spiro atoms. The number of nitrogens with zero attached hydrogens (tertiary/aromatic N) is 4. The molecule has 1 saturated heterocycles. The van der Waals surface area contributed by atoms with Gasteiger partial charge in [-0.05, 0) is 30.7 Å². The molecule has 4 rings (SSSR count). The topological polar surface area (TPSA) is 79.2 Å². The summed E-state index contributed by atoms with van der Waals surface area (Å²) >= 11 is 7.41. The summed E-state index contributed by atoms with van der Waals surface area (Å²) in [6.07, 6.45) is -4.59. The zero-order valence-corrected chi connectivity index (χ0v) is 18.0. The summed E-state index contributed by atoms with van der Waals surface area (Å²) in [6.45, 7) is 1.03. The van der Waals surface area contributed by atoms with Gasteiger partial charge in [-0.2, -0.15) is 13.2 Å². The largest absolute Gasteiger partial charge is 0.492 e. The van der Waals surface area contributed by atoms with Gasteiger partial charge in [-0.25, -0.2) is 9.31 Å². The Bertz CT molecular complexity index is 1150. The fraction of sp³-hybridized carbons (Fsp3) is 0.316. The van der Waals surface area contributed by atoms with E-state index in [0.717, 1.165) is 5.06 Å². The van der Waals surface area contributed by atoms with Gasteiger partial charge in [0.15, 0.2) is 0 Å². The minimum atomic E-state index is -5.04. The van der Waals surface area contributed by atoms with E-state index in [1.54, 1.807) is 35.0 Å². The summed E-state index contributed by atoms with van der Waals surface area (Å²) < 4.78 is 38.8. The monoisotopic (exact) mass is 487 g/mol. The third-order valence-corrected chi connectivity index (χ3v) is 5.99. The van der Waals surface area contributed by atoms with E-state index in [1.807, 2.05) is 4.90 Å². The highest BCUT2D eigenvalue weighted by Gasteiger charge is 2.42. The molecule has 1 aliphatic rings. The van der Waals surface area contributed by atoms with Crippen molar-refractivity contribution < 1.29 is 27.6 Å². The highest BCUT2D eigenvalue weighted by atomic mass is 35.5. The van der Waals surface area contributed by atoms with E-state index in [4.69, 9.17) is 11.6 Å². The number of thiophene rings is 1. The van der Waals surface area contributed by atoms with Gasteiger partial charge in [0.25, 0.3) is 5.91 Å². The average molecular weight is 488 g/mol. The van der Waals surface area contributed by atoms with Gasteiger partial charge in [-0.15, -0.1) is 21.5 Å². The van der Waals surface area contributed by atoms with E-state index < -0.39 is 12.1 Å². The van der Waals surface area contributed by atoms with Gasteiger partial charge < -0.3 is 15.1 Å². The van der Waals surface area contributed by atoms with Crippen LogP contribution in [0.4, 0.5) is 24.7 Å². The van der Waals surface area contributed by atoms with Gasteiger partial charge in [0, 0.05) is 30.4 Å². The molecule has 4 heterocycles. The number of hydrogen-bond donors (Lipinski definition) is 1. The number of hydroxylamine groups is 2. The SMILES string of the molecule is O=C(Nc1cscc1Cl)c1ccc2ccc(N3CCCN(OC(=O)C(F)(F)F)CC3)nn12. The summed E-state index contributed by atoms with van der Waals surface area (Å²) in [5.41, 5.74) is 1.51. The normalized spacial score (nSPS) is 15.6. The lowest BCUT2D eigenvalue weighted by molar-refractivity contribution is -0.237. The van der Waals surface area contributed by atoms with Crippen LogP contribution in [0, 0.1) is 0 Å². The maximum Gasteiger partial charge on any atom is 0.492 e. The molecule has 13 heteroatoms. The van der Waals surface area contributed by atoms with Crippen LogP contribution in [0.15, 0.2) is 35.0 Å². The molecule has 1 amide bonds. The number of amides is 1. The van der Waals surface area contributed by atoms with Crippen molar-refractivity contribution in [3.8, 4) is 0 Å². The summed E-state index contributed by atoms with van der Waals surface area (Å²) in [5.74, 6) is -2.07. The van der Waals surface area contributed by atoms with Crippen LogP contribution in [0.1, 0.15) is 16.9 Å². The van der Waals surface area contributed by atoms with Crippen molar-refractivity contribution in [3.63, 3.8) is 0 Å². The molecule has 0 radical (unpaired) electrons. The van der Waals surface area contributed by atoms with E-state index in [9.17, 15) is 22.8 Å². The second kappa shape index (κ2) is 8.96. The molecular weight excluding hydrogens is 471 g/mol. The summed E-state index contributed by atoms with van der Waals surface area (Å²) in [7, 11) is 0. The molecule has 8 nitrogen and oxygen atoms in total. The number of fused-ring (bicyclic) bond motifs is 1. The number of halogens is 4. The lowest BCUT2D eigenvalue weighted by atomic mass is 10.3. The quantitative estimate of drug-likeness (QED) is 0.602. The van der Waals surface area contributed by atoms with Gasteiger partial charge in [0.1, 0.15) is 11.5 Å². The highest BCUT2D eigenvalue weighted by Crippen LogP contribution is 2.27. The third kappa shape index (κ3) is 4.81. The van der Waals surface area contributed by atoms with Crippen molar-refractivity contribution in [2.75, 3.05) is 36.4 Å².